The molecule has 0 heterocycles. The van der Waals surface area contributed by atoms with Crippen molar-refractivity contribution in [2.75, 3.05) is 6.54 Å². The Balaban J connectivity index is 1.89. The third kappa shape index (κ3) is 4.02. The molecule has 0 amide bonds. The minimum Gasteiger partial charge on any atom is -0.386 e. The summed E-state index contributed by atoms with van der Waals surface area (Å²) in [5.74, 6) is 0.418. The molecular formula is C12H16BrN3O. The van der Waals surface area contributed by atoms with Crippen molar-refractivity contribution in [3.63, 3.8) is 0 Å². The van der Waals surface area contributed by atoms with Gasteiger partial charge in [-0.1, -0.05) is 28.1 Å². The number of halogens is 1. The maximum absolute atomic E-state index is 9.93. The number of aliphatic imine (C=N–C) groups is 1. The quantitative estimate of drug-likeness (QED) is 0.583. The molecule has 0 bridgehead atoms. The van der Waals surface area contributed by atoms with Crippen LogP contribution in [0.3, 0.4) is 0 Å². The lowest BCUT2D eigenvalue weighted by Crippen LogP contribution is -2.33. The number of rotatable bonds is 4. The van der Waals surface area contributed by atoms with E-state index in [-0.39, 0.29) is 6.54 Å². The number of hydrogen-bond donors (Lipinski definition) is 3. The van der Waals surface area contributed by atoms with Crippen LogP contribution in [-0.4, -0.2) is 23.7 Å². The maximum atomic E-state index is 9.93. The summed E-state index contributed by atoms with van der Waals surface area (Å²) >= 11 is 3.37. The molecule has 0 aromatic heterocycles. The number of hydrogen-bond acceptors (Lipinski definition) is 2. The van der Waals surface area contributed by atoms with E-state index in [9.17, 15) is 5.11 Å². The van der Waals surface area contributed by atoms with E-state index in [0.717, 1.165) is 22.9 Å². The van der Waals surface area contributed by atoms with Crippen LogP contribution in [0.15, 0.2) is 33.7 Å². The Labute approximate surface area is 109 Å². The predicted molar refractivity (Wildman–Crippen MR) is 71.7 cm³/mol. The molecule has 4 nitrogen and oxygen atoms in total. The zero-order valence-electron chi connectivity index (χ0n) is 9.44. The van der Waals surface area contributed by atoms with Gasteiger partial charge in [0.2, 0.25) is 0 Å². The Hall–Kier alpha value is -1.07. The van der Waals surface area contributed by atoms with Gasteiger partial charge in [0.05, 0.1) is 12.6 Å². The smallest absolute Gasteiger partial charge is 0.188 e. The summed E-state index contributed by atoms with van der Waals surface area (Å²) < 4.78 is 0.946. The number of nitrogens with one attached hydrogen (secondary N) is 1. The van der Waals surface area contributed by atoms with Gasteiger partial charge in [0.25, 0.3) is 0 Å². The van der Waals surface area contributed by atoms with Crippen molar-refractivity contribution in [3.8, 4) is 0 Å². The van der Waals surface area contributed by atoms with Crippen LogP contribution in [0.5, 0.6) is 0 Å². The minimum absolute atomic E-state index is 0.280. The highest BCUT2D eigenvalue weighted by Gasteiger charge is 2.21. The Bertz CT molecular complexity index is 418. The van der Waals surface area contributed by atoms with Crippen molar-refractivity contribution in [1.29, 1.82) is 0 Å². The lowest BCUT2D eigenvalue weighted by Gasteiger charge is -2.09. The summed E-state index contributed by atoms with van der Waals surface area (Å²) in [6.07, 6.45) is 1.70. The van der Waals surface area contributed by atoms with Crippen LogP contribution in [0.2, 0.25) is 0 Å². The van der Waals surface area contributed by atoms with E-state index >= 15 is 0 Å². The Kier molecular flexibility index (Phi) is 4.02. The summed E-state index contributed by atoms with van der Waals surface area (Å²) in [7, 11) is 0. The van der Waals surface area contributed by atoms with Gasteiger partial charge in [0.15, 0.2) is 5.96 Å². The molecule has 4 N–H and O–H groups in total. The van der Waals surface area contributed by atoms with Gasteiger partial charge in [-0.3, -0.25) is 4.99 Å². The van der Waals surface area contributed by atoms with E-state index in [1.165, 1.54) is 0 Å². The number of nitrogens with zero attached hydrogens (tertiary/aromatic N) is 1. The number of aliphatic hydroxyl groups excluding tert-OH is 1. The first-order chi connectivity index (χ1) is 8.15. The molecule has 17 heavy (non-hydrogen) atoms. The number of benzene rings is 1. The zero-order valence-corrected chi connectivity index (χ0v) is 11.0. The van der Waals surface area contributed by atoms with E-state index in [1.54, 1.807) is 0 Å². The maximum Gasteiger partial charge on any atom is 0.188 e. The molecule has 92 valence electrons. The summed E-state index contributed by atoms with van der Waals surface area (Å²) in [4.78, 5) is 4.13. The number of nitrogens with two attached hydrogens (primary N) is 1. The van der Waals surface area contributed by atoms with Crippen molar-refractivity contribution in [2.24, 2.45) is 10.7 Å². The topological polar surface area (TPSA) is 70.6 Å². The molecule has 1 saturated carbocycles. The van der Waals surface area contributed by atoms with Gasteiger partial charge < -0.3 is 16.2 Å². The molecule has 1 aromatic carbocycles. The van der Waals surface area contributed by atoms with Crippen molar-refractivity contribution < 1.29 is 5.11 Å². The first-order valence-electron chi connectivity index (χ1n) is 5.65. The largest absolute Gasteiger partial charge is 0.386 e. The van der Waals surface area contributed by atoms with Crippen LogP contribution in [-0.2, 0) is 0 Å². The molecule has 2 rings (SSSR count). The fourth-order valence-electron chi connectivity index (χ4n) is 1.49. The average molecular weight is 298 g/mol. The minimum atomic E-state index is -0.618. The van der Waals surface area contributed by atoms with Gasteiger partial charge in [-0.25, -0.2) is 0 Å². The first-order valence-corrected chi connectivity index (χ1v) is 6.44. The van der Waals surface area contributed by atoms with E-state index in [1.807, 2.05) is 24.3 Å². The SMILES string of the molecule is NC(=NC[C@@H](O)c1cccc(Br)c1)NC1CC1. The molecule has 0 saturated heterocycles. The van der Waals surface area contributed by atoms with Crippen molar-refractivity contribution in [1.82, 2.24) is 5.32 Å². The van der Waals surface area contributed by atoms with Crippen LogP contribution in [0.25, 0.3) is 0 Å². The van der Waals surface area contributed by atoms with Gasteiger partial charge in [0.1, 0.15) is 0 Å². The zero-order chi connectivity index (χ0) is 12.3. The standard InChI is InChI=1S/C12H16BrN3O/c13-9-3-1-2-8(6-9)11(17)7-15-12(14)16-10-4-5-10/h1-3,6,10-11,17H,4-5,7H2,(H3,14,15,16)/t11-/m1/s1. The molecule has 5 heteroatoms. The normalized spacial score (nSPS) is 17.9. The number of aliphatic hydroxyl groups is 1. The first kappa shape index (κ1) is 12.4. The van der Waals surface area contributed by atoms with E-state index in [4.69, 9.17) is 5.73 Å². The molecule has 1 atom stereocenters. The second kappa shape index (κ2) is 5.51. The van der Waals surface area contributed by atoms with Crippen LogP contribution in [0.4, 0.5) is 0 Å². The van der Waals surface area contributed by atoms with Crippen molar-refractivity contribution in [3.05, 3.63) is 34.3 Å². The van der Waals surface area contributed by atoms with E-state index < -0.39 is 6.10 Å². The molecule has 0 aliphatic heterocycles. The van der Waals surface area contributed by atoms with E-state index in [0.29, 0.717) is 12.0 Å². The van der Waals surface area contributed by atoms with Crippen LogP contribution in [0, 0.1) is 0 Å². The van der Waals surface area contributed by atoms with Gasteiger partial charge >= 0.3 is 0 Å². The molecule has 0 radical (unpaired) electrons. The van der Waals surface area contributed by atoms with Gasteiger partial charge in [-0.05, 0) is 30.5 Å². The fourth-order valence-corrected chi connectivity index (χ4v) is 1.90. The van der Waals surface area contributed by atoms with Crippen LogP contribution in [0.1, 0.15) is 24.5 Å². The summed E-state index contributed by atoms with van der Waals surface area (Å²) in [6, 6.07) is 8.04. The third-order valence-electron chi connectivity index (χ3n) is 2.60. The third-order valence-corrected chi connectivity index (χ3v) is 3.09. The van der Waals surface area contributed by atoms with Crippen molar-refractivity contribution >= 4 is 21.9 Å². The highest BCUT2D eigenvalue weighted by atomic mass is 79.9. The second-order valence-corrected chi connectivity index (χ2v) is 5.13. The van der Waals surface area contributed by atoms with Crippen LogP contribution >= 0.6 is 15.9 Å². The van der Waals surface area contributed by atoms with Gasteiger partial charge in [-0.2, -0.15) is 0 Å². The van der Waals surface area contributed by atoms with E-state index in [2.05, 4.69) is 26.2 Å². The summed E-state index contributed by atoms with van der Waals surface area (Å²) in [6.45, 7) is 0.280. The molecule has 1 aliphatic rings. The summed E-state index contributed by atoms with van der Waals surface area (Å²) in [5, 5.41) is 13.0. The molecule has 0 spiro atoms. The molecule has 1 aliphatic carbocycles. The van der Waals surface area contributed by atoms with Crippen LogP contribution < -0.4 is 11.1 Å². The lowest BCUT2D eigenvalue weighted by atomic mass is 10.1. The predicted octanol–water partition coefficient (Wildman–Crippen LogP) is 1.55. The Morgan fingerprint density at radius 3 is 3.00 bits per heavy atom. The lowest BCUT2D eigenvalue weighted by molar-refractivity contribution is 0.187. The van der Waals surface area contributed by atoms with Crippen molar-refractivity contribution in [2.45, 2.75) is 25.0 Å². The fraction of sp³-hybridized carbons (Fsp3) is 0.417. The highest BCUT2D eigenvalue weighted by molar-refractivity contribution is 9.10. The number of guanidine groups is 1. The second-order valence-electron chi connectivity index (χ2n) is 4.22. The molecule has 1 aromatic rings. The Morgan fingerprint density at radius 1 is 1.59 bits per heavy atom. The molecule has 1 fully saturated rings. The van der Waals surface area contributed by atoms with Gasteiger partial charge in [-0.15, -0.1) is 0 Å². The monoisotopic (exact) mass is 297 g/mol. The van der Waals surface area contributed by atoms with Gasteiger partial charge in [0, 0.05) is 10.5 Å². The molecule has 0 unspecified atom stereocenters. The Morgan fingerprint density at radius 2 is 2.35 bits per heavy atom. The molecular weight excluding hydrogens is 282 g/mol. The average Bonchev–Trinajstić information content (AvgIpc) is 3.10. The summed E-state index contributed by atoms with van der Waals surface area (Å²) in [5.41, 5.74) is 6.52. The highest BCUT2D eigenvalue weighted by Crippen LogP contribution is 2.19.